The van der Waals surface area contributed by atoms with Crippen LogP contribution in [-0.2, 0) is 16.0 Å². The third-order valence-corrected chi connectivity index (χ3v) is 3.65. The molecule has 29 heavy (non-hydrogen) atoms. The maximum absolute atomic E-state index is 12.9. The molecule has 0 saturated carbocycles. The molecule has 0 aliphatic rings. The molecular formula is C20H27BrF2N4O2. The number of rotatable bonds is 7. The average molecular weight is 473 g/mol. The monoisotopic (exact) mass is 472 g/mol. The van der Waals surface area contributed by atoms with E-state index in [-0.39, 0.29) is 11.5 Å². The molecule has 0 saturated heterocycles. The molecule has 0 atom stereocenters. The topological polar surface area (TPSA) is 106 Å². The summed E-state index contributed by atoms with van der Waals surface area (Å²) < 4.78 is 34.7. The van der Waals surface area contributed by atoms with Crippen molar-refractivity contribution in [1.82, 2.24) is 0 Å². The quantitative estimate of drug-likeness (QED) is 0.322. The van der Waals surface area contributed by atoms with Crippen molar-refractivity contribution >= 4 is 27.3 Å². The fraction of sp³-hybridized carbons (Fsp3) is 0.350. The molecule has 0 amide bonds. The van der Waals surface area contributed by atoms with E-state index in [0.717, 1.165) is 29.3 Å². The van der Waals surface area contributed by atoms with Gasteiger partial charge in [0.2, 0.25) is 0 Å². The van der Waals surface area contributed by atoms with E-state index in [1.165, 1.54) is 24.3 Å². The molecule has 0 aliphatic heterocycles. The van der Waals surface area contributed by atoms with Gasteiger partial charge >= 0.3 is 0 Å². The molecule has 0 bridgehead atoms. The summed E-state index contributed by atoms with van der Waals surface area (Å²) in [6.07, 6.45) is 0. The lowest BCUT2D eigenvalue weighted by molar-refractivity contribution is 0.210. The Labute approximate surface area is 178 Å². The van der Waals surface area contributed by atoms with Crippen LogP contribution in [0.2, 0.25) is 0 Å². The van der Waals surface area contributed by atoms with Crippen LogP contribution in [0.3, 0.4) is 0 Å². The number of benzene rings is 2. The van der Waals surface area contributed by atoms with Crippen LogP contribution in [0.1, 0.15) is 11.1 Å². The lowest BCUT2D eigenvalue weighted by Gasteiger charge is -2.10. The van der Waals surface area contributed by atoms with Crippen LogP contribution < -0.4 is 16.8 Å². The number of nitriles is 1. The van der Waals surface area contributed by atoms with E-state index in [9.17, 15) is 8.78 Å². The van der Waals surface area contributed by atoms with Gasteiger partial charge in [-0.3, -0.25) is 0 Å². The van der Waals surface area contributed by atoms with Crippen molar-refractivity contribution < 1.29 is 18.3 Å². The number of nitrogens with one attached hydrogen (secondary N) is 1. The van der Waals surface area contributed by atoms with Crippen molar-refractivity contribution in [1.29, 1.82) is 5.26 Å². The lowest BCUT2D eigenvalue weighted by Crippen LogP contribution is -2.11. The first-order valence-electron chi connectivity index (χ1n) is 8.64. The van der Waals surface area contributed by atoms with E-state index in [1.807, 2.05) is 6.07 Å². The van der Waals surface area contributed by atoms with Crippen molar-refractivity contribution in [2.45, 2.75) is 6.54 Å². The van der Waals surface area contributed by atoms with Crippen LogP contribution in [0.4, 0.5) is 20.2 Å². The van der Waals surface area contributed by atoms with Crippen LogP contribution in [0.15, 0.2) is 36.4 Å². The number of nitrogen functional groups attached to an aromatic ring is 1. The first kappa shape index (κ1) is 26.8. The van der Waals surface area contributed by atoms with Gasteiger partial charge in [0, 0.05) is 38.3 Å². The van der Waals surface area contributed by atoms with Crippen molar-refractivity contribution in [2.75, 3.05) is 50.4 Å². The highest BCUT2D eigenvalue weighted by Gasteiger charge is 2.01. The van der Waals surface area contributed by atoms with Gasteiger partial charge in [-0.2, -0.15) is 5.26 Å². The summed E-state index contributed by atoms with van der Waals surface area (Å²) in [6.45, 7) is 2.43. The number of alkyl halides is 1. The predicted molar refractivity (Wildman–Crippen MR) is 116 cm³/mol. The fourth-order valence-electron chi connectivity index (χ4n) is 1.89. The van der Waals surface area contributed by atoms with Gasteiger partial charge in [0.25, 0.3) is 0 Å². The van der Waals surface area contributed by atoms with E-state index in [4.69, 9.17) is 21.5 Å². The summed E-state index contributed by atoms with van der Waals surface area (Å²) >= 11 is 3.18. The van der Waals surface area contributed by atoms with E-state index < -0.39 is 5.82 Å². The van der Waals surface area contributed by atoms with Gasteiger partial charge in [-0.05, 0) is 35.9 Å². The number of methoxy groups -OCH3 is 2. The van der Waals surface area contributed by atoms with Gasteiger partial charge in [-0.15, -0.1) is 0 Å². The zero-order valence-corrected chi connectivity index (χ0v) is 18.1. The molecule has 0 heterocycles. The Balaban J connectivity index is 0.000000455. The van der Waals surface area contributed by atoms with Gasteiger partial charge in [0.1, 0.15) is 17.7 Å². The van der Waals surface area contributed by atoms with Crippen LogP contribution >= 0.6 is 15.9 Å². The van der Waals surface area contributed by atoms with Gasteiger partial charge < -0.3 is 26.3 Å². The lowest BCUT2D eigenvalue weighted by atomic mass is 10.1. The molecule has 2 rings (SSSR count). The SMILES string of the molecule is COCCBr.COCCNc1cc(F)ccc1CN.N#Cc1ccc(F)cc1N. The Kier molecular flexibility index (Phi) is 15.4. The second-order valence-corrected chi connectivity index (χ2v) is 6.24. The second-order valence-electron chi connectivity index (χ2n) is 5.45. The summed E-state index contributed by atoms with van der Waals surface area (Å²) in [5, 5.41) is 12.4. The molecule has 0 fully saturated rings. The smallest absolute Gasteiger partial charge is 0.125 e. The van der Waals surface area contributed by atoms with Crippen LogP contribution in [0.5, 0.6) is 0 Å². The number of halogens is 3. The van der Waals surface area contributed by atoms with Crippen LogP contribution in [-0.4, -0.2) is 39.3 Å². The number of ether oxygens (including phenoxy) is 2. The Morgan fingerprint density at radius 3 is 2.17 bits per heavy atom. The minimum absolute atomic E-state index is 0.183. The van der Waals surface area contributed by atoms with E-state index >= 15 is 0 Å². The number of hydrogen-bond donors (Lipinski definition) is 3. The summed E-state index contributed by atoms with van der Waals surface area (Å²) in [7, 11) is 3.30. The van der Waals surface area contributed by atoms with Crippen molar-refractivity contribution in [3.63, 3.8) is 0 Å². The molecule has 2 aromatic carbocycles. The number of nitrogens with zero attached hydrogens (tertiary/aromatic N) is 1. The summed E-state index contributed by atoms with van der Waals surface area (Å²) in [4.78, 5) is 0. The molecule has 5 N–H and O–H groups in total. The van der Waals surface area contributed by atoms with E-state index in [2.05, 4.69) is 26.0 Å². The largest absolute Gasteiger partial charge is 0.398 e. The third-order valence-electron chi connectivity index (χ3n) is 3.33. The van der Waals surface area contributed by atoms with E-state index in [0.29, 0.717) is 25.3 Å². The van der Waals surface area contributed by atoms with Gasteiger partial charge in [0.05, 0.1) is 24.5 Å². The molecule has 0 unspecified atom stereocenters. The van der Waals surface area contributed by atoms with Gasteiger partial charge in [-0.1, -0.05) is 22.0 Å². The zero-order valence-electron chi connectivity index (χ0n) is 16.6. The second kappa shape index (κ2) is 16.7. The van der Waals surface area contributed by atoms with Crippen LogP contribution in [0.25, 0.3) is 0 Å². The Morgan fingerprint density at radius 1 is 1.07 bits per heavy atom. The molecule has 160 valence electrons. The van der Waals surface area contributed by atoms with Crippen LogP contribution in [0, 0.1) is 23.0 Å². The highest BCUT2D eigenvalue weighted by atomic mass is 79.9. The normalized spacial score (nSPS) is 9.41. The van der Waals surface area contributed by atoms with Crippen molar-refractivity contribution in [3.05, 3.63) is 59.2 Å². The molecule has 0 radical (unpaired) electrons. The van der Waals surface area contributed by atoms with Gasteiger partial charge in [-0.25, -0.2) is 8.78 Å². The number of anilines is 2. The van der Waals surface area contributed by atoms with Gasteiger partial charge in [0.15, 0.2) is 0 Å². The minimum atomic E-state index is -0.420. The van der Waals surface area contributed by atoms with Crippen molar-refractivity contribution in [3.8, 4) is 6.07 Å². The molecule has 6 nitrogen and oxygen atoms in total. The fourth-order valence-corrected chi connectivity index (χ4v) is 2.22. The maximum atomic E-state index is 12.9. The molecule has 0 aromatic heterocycles. The third kappa shape index (κ3) is 12.0. The summed E-state index contributed by atoms with van der Waals surface area (Å²) in [6, 6.07) is 10.0. The molecular weight excluding hydrogens is 446 g/mol. The first-order valence-corrected chi connectivity index (χ1v) is 9.76. The predicted octanol–water partition coefficient (Wildman–Crippen LogP) is 3.65. The first-order chi connectivity index (χ1) is 13.9. The number of hydrogen-bond acceptors (Lipinski definition) is 6. The molecule has 0 aliphatic carbocycles. The Morgan fingerprint density at radius 2 is 1.69 bits per heavy atom. The summed E-state index contributed by atoms with van der Waals surface area (Å²) in [5.41, 5.74) is 12.9. The molecule has 9 heteroatoms. The highest BCUT2D eigenvalue weighted by Crippen LogP contribution is 2.16. The maximum Gasteiger partial charge on any atom is 0.125 e. The molecule has 0 spiro atoms. The Bertz CT molecular complexity index is 756. The minimum Gasteiger partial charge on any atom is -0.398 e. The Hall–Kier alpha value is -2.25. The highest BCUT2D eigenvalue weighted by molar-refractivity contribution is 9.09. The zero-order chi connectivity index (χ0) is 22.1. The van der Waals surface area contributed by atoms with Crippen molar-refractivity contribution in [2.24, 2.45) is 5.73 Å². The standard InChI is InChI=1S/C10H15FN2O.C7H5FN2.C3H7BrO/c1-14-5-4-13-10-6-9(11)3-2-8(10)7-12;8-6-2-1-5(4-9)7(10)3-6;1-5-3-2-4/h2-3,6,13H,4-5,7,12H2,1H3;1-3H,10H2;2-3H2,1H3. The van der Waals surface area contributed by atoms with E-state index in [1.54, 1.807) is 20.3 Å². The summed E-state index contributed by atoms with van der Waals surface area (Å²) in [5.74, 6) is -0.682. The molecule has 2 aromatic rings. The average Bonchev–Trinajstić information content (AvgIpc) is 2.70. The number of nitrogens with two attached hydrogens (primary N) is 2.